The molecule has 0 saturated carbocycles. The molecule has 2 heterocycles. The van der Waals surface area contributed by atoms with Crippen LogP contribution in [0.4, 0.5) is 5.69 Å². The predicted molar refractivity (Wildman–Crippen MR) is 65.4 cm³/mol. The van der Waals surface area contributed by atoms with Crippen LogP contribution in [0.5, 0.6) is 0 Å². The lowest BCUT2D eigenvalue weighted by Crippen LogP contribution is -2.30. The molecule has 2 nitrogen and oxygen atoms in total. The normalized spacial score (nSPS) is 24.1. The van der Waals surface area contributed by atoms with Crippen molar-refractivity contribution in [2.75, 3.05) is 18.8 Å². The number of hydrogen-bond donors (Lipinski definition) is 1. The lowest BCUT2D eigenvalue weighted by molar-refractivity contribution is 0.244. The summed E-state index contributed by atoms with van der Waals surface area (Å²) < 4.78 is 0. The Kier molecular flexibility index (Phi) is 2.89. The maximum Gasteiger partial charge on any atom is 0.0352 e. The van der Waals surface area contributed by atoms with Crippen molar-refractivity contribution in [3.63, 3.8) is 0 Å². The fraction of sp³-hybridized carbons (Fsp3) is 0.500. The van der Waals surface area contributed by atoms with Crippen molar-refractivity contribution < 1.29 is 0 Å². The summed E-state index contributed by atoms with van der Waals surface area (Å²) in [6.45, 7) is 2.51. The quantitative estimate of drug-likeness (QED) is 0.686. The van der Waals surface area contributed by atoms with Gasteiger partial charge in [0.05, 0.1) is 0 Å². The van der Waals surface area contributed by atoms with Gasteiger partial charge in [0.2, 0.25) is 0 Å². The summed E-state index contributed by atoms with van der Waals surface area (Å²) in [5.41, 5.74) is 9.77. The van der Waals surface area contributed by atoms with E-state index in [2.05, 4.69) is 17.0 Å². The molecule has 15 heavy (non-hydrogen) atoms. The van der Waals surface area contributed by atoms with Crippen molar-refractivity contribution in [2.24, 2.45) is 0 Å². The molecule has 1 fully saturated rings. The number of anilines is 1. The summed E-state index contributed by atoms with van der Waals surface area (Å²) in [7, 11) is 0. The van der Waals surface area contributed by atoms with E-state index in [1.54, 1.807) is 0 Å². The first kappa shape index (κ1) is 10.8. The van der Waals surface area contributed by atoms with Crippen LogP contribution in [0.1, 0.15) is 30.0 Å². The number of benzene rings is 1. The summed E-state index contributed by atoms with van der Waals surface area (Å²) >= 11 is 0. The zero-order valence-corrected chi connectivity index (χ0v) is 9.59. The molecule has 1 atom stereocenters. The zero-order valence-electron chi connectivity index (χ0n) is 8.78. The van der Waals surface area contributed by atoms with E-state index in [0.717, 1.165) is 5.69 Å². The van der Waals surface area contributed by atoms with E-state index >= 15 is 0 Å². The van der Waals surface area contributed by atoms with Crippen LogP contribution in [0.3, 0.4) is 0 Å². The first-order valence-electron chi connectivity index (χ1n) is 5.47. The number of fused-ring (bicyclic) bond motifs is 3. The van der Waals surface area contributed by atoms with Crippen molar-refractivity contribution in [1.82, 2.24) is 4.90 Å². The predicted octanol–water partition coefficient (Wildman–Crippen LogP) is 2.38. The number of nitrogens with zero attached hydrogens (tertiary/aromatic N) is 1. The molecule has 1 aromatic rings. The first-order chi connectivity index (χ1) is 6.84. The van der Waals surface area contributed by atoms with Gasteiger partial charge in [0.25, 0.3) is 0 Å². The molecule has 0 aliphatic carbocycles. The van der Waals surface area contributed by atoms with Gasteiger partial charge >= 0.3 is 0 Å². The van der Waals surface area contributed by atoms with Gasteiger partial charge in [-0.2, -0.15) is 0 Å². The van der Waals surface area contributed by atoms with Gasteiger partial charge in [0.15, 0.2) is 0 Å². The van der Waals surface area contributed by atoms with E-state index in [1.165, 1.54) is 43.5 Å². The third kappa shape index (κ3) is 1.72. The average molecular weight is 225 g/mol. The van der Waals surface area contributed by atoms with Gasteiger partial charge in [-0.1, -0.05) is 6.07 Å². The molecule has 2 aliphatic heterocycles. The second-order valence-electron chi connectivity index (χ2n) is 4.40. The second-order valence-corrected chi connectivity index (χ2v) is 4.40. The van der Waals surface area contributed by atoms with Crippen LogP contribution >= 0.6 is 12.4 Å². The number of rotatable bonds is 0. The standard InChI is InChI=1S/C12H16N2.ClH/c13-10-4-3-9-5-7-14-6-1-2-12(14)11(9)8-10;/h3-4,8,12H,1-2,5-7,13H2;1H. The van der Waals surface area contributed by atoms with Gasteiger partial charge < -0.3 is 5.73 Å². The Morgan fingerprint density at radius 2 is 2.13 bits per heavy atom. The number of hydrogen-bond acceptors (Lipinski definition) is 2. The van der Waals surface area contributed by atoms with Gasteiger partial charge in [-0.3, -0.25) is 4.90 Å². The average Bonchev–Trinajstić information content (AvgIpc) is 2.65. The van der Waals surface area contributed by atoms with Crippen LogP contribution in [-0.4, -0.2) is 18.0 Å². The third-order valence-corrected chi connectivity index (χ3v) is 3.56. The minimum absolute atomic E-state index is 0. The van der Waals surface area contributed by atoms with Gasteiger partial charge in [-0.15, -0.1) is 12.4 Å². The van der Waals surface area contributed by atoms with Crippen molar-refractivity contribution in [3.8, 4) is 0 Å². The molecule has 1 unspecified atom stereocenters. The topological polar surface area (TPSA) is 29.3 Å². The monoisotopic (exact) mass is 224 g/mol. The minimum atomic E-state index is 0. The zero-order chi connectivity index (χ0) is 9.54. The number of nitrogens with two attached hydrogens (primary N) is 1. The Bertz CT molecular complexity index is 365. The van der Waals surface area contributed by atoms with E-state index in [1.807, 2.05) is 6.07 Å². The van der Waals surface area contributed by atoms with E-state index in [4.69, 9.17) is 5.73 Å². The molecule has 2 N–H and O–H groups in total. The van der Waals surface area contributed by atoms with Crippen molar-refractivity contribution in [3.05, 3.63) is 29.3 Å². The highest BCUT2D eigenvalue weighted by atomic mass is 35.5. The van der Waals surface area contributed by atoms with Crippen LogP contribution in [0, 0.1) is 0 Å². The Morgan fingerprint density at radius 1 is 1.27 bits per heavy atom. The fourth-order valence-electron chi connectivity index (χ4n) is 2.86. The van der Waals surface area contributed by atoms with Crippen molar-refractivity contribution in [2.45, 2.75) is 25.3 Å². The van der Waals surface area contributed by atoms with E-state index in [9.17, 15) is 0 Å². The van der Waals surface area contributed by atoms with E-state index < -0.39 is 0 Å². The molecular formula is C12H17ClN2. The summed E-state index contributed by atoms with van der Waals surface area (Å²) in [5, 5.41) is 0. The van der Waals surface area contributed by atoms with Crippen LogP contribution in [0.15, 0.2) is 18.2 Å². The molecule has 1 saturated heterocycles. The summed E-state index contributed by atoms with van der Waals surface area (Å²) in [4.78, 5) is 2.60. The van der Waals surface area contributed by atoms with Crippen LogP contribution < -0.4 is 5.73 Å². The highest BCUT2D eigenvalue weighted by Crippen LogP contribution is 2.38. The summed E-state index contributed by atoms with van der Waals surface area (Å²) in [6.07, 6.45) is 3.86. The van der Waals surface area contributed by atoms with Crippen molar-refractivity contribution >= 4 is 18.1 Å². The molecule has 82 valence electrons. The van der Waals surface area contributed by atoms with Crippen molar-refractivity contribution in [1.29, 1.82) is 0 Å². The van der Waals surface area contributed by atoms with Crippen LogP contribution in [-0.2, 0) is 6.42 Å². The maximum absolute atomic E-state index is 5.85. The Balaban J connectivity index is 0.000000853. The van der Waals surface area contributed by atoms with Gasteiger partial charge in [-0.05, 0) is 49.1 Å². The van der Waals surface area contributed by atoms with Crippen LogP contribution in [0.25, 0.3) is 0 Å². The molecule has 1 aromatic carbocycles. The van der Waals surface area contributed by atoms with E-state index in [-0.39, 0.29) is 12.4 Å². The lowest BCUT2D eigenvalue weighted by atomic mass is 9.92. The Morgan fingerprint density at radius 3 is 3.00 bits per heavy atom. The molecule has 0 aromatic heterocycles. The summed E-state index contributed by atoms with van der Waals surface area (Å²) in [5.74, 6) is 0. The maximum atomic E-state index is 5.85. The number of nitrogen functional groups attached to an aromatic ring is 1. The molecule has 0 amide bonds. The molecule has 3 heteroatoms. The summed E-state index contributed by atoms with van der Waals surface area (Å²) in [6, 6.07) is 7.09. The Labute approximate surface area is 96.9 Å². The molecular weight excluding hydrogens is 208 g/mol. The number of halogens is 1. The molecule has 0 radical (unpaired) electrons. The van der Waals surface area contributed by atoms with Gasteiger partial charge in [-0.25, -0.2) is 0 Å². The third-order valence-electron chi connectivity index (χ3n) is 3.56. The molecule has 0 bridgehead atoms. The first-order valence-corrected chi connectivity index (χ1v) is 5.47. The smallest absolute Gasteiger partial charge is 0.0352 e. The molecule has 0 spiro atoms. The molecule has 3 rings (SSSR count). The van der Waals surface area contributed by atoms with Gasteiger partial charge in [0, 0.05) is 18.3 Å². The van der Waals surface area contributed by atoms with E-state index in [0.29, 0.717) is 6.04 Å². The minimum Gasteiger partial charge on any atom is -0.399 e. The van der Waals surface area contributed by atoms with Gasteiger partial charge in [0.1, 0.15) is 0 Å². The highest BCUT2D eigenvalue weighted by Gasteiger charge is 2.30. The Hall–Kier alpha value is -0.730. The molecule has 2 aliphatic rings. The second kappa shape index (κ2) is 4.03. The SMILES string of the molecule is Cl.Nc1ccc2c(c1)C1CCCN1CC2. The lowest BCUT2D eigenvalue weighted by Gasteiger charge is -2.31. The van der Waals surface area contributed by atoms with Crippen LogP contribution in [0.2, 0.25) is 0 Å². The fourth-order valence-corrected chi connectivity index (χ4v) is 2.86. The highest BCUT2D eigenvalue weighted by molar-refractivity contribution is 5.85. The largest absolute Gasteiger partial charge is 0.399 e.